The number of ether oxygens (including phenoxy) is 1. The molecule has 1 aliphatic rings. The summed E-state index contributed by atoms with van der Waals surface area (Å²) in [5.41, 5.74) is 7.65. The lowest BCUT2D eigenvalue weighted by atomic mass is 9.97. The first-order chi connectivity index (χ1) is 14.5. The van der Waals surface area contributed by atoms with E-state index in [-0.39, 0.29) is 6.10 Å². The minimum atomic E-state index is -0.422. The largest absolute Gasteiger partial charge is 0.445 e. The minimum Gasteiger partial charge on any atom is -0.445 e. The van der Waals surface area contributed by atoms with Crippen molar-refractivity contribution in [2.24, 2.45) is 0 Å². The van der Waals surface area contributed by atoms with E-state index < -0.39 is 6.09 Å². The molecule has 3 heterocycles. The van der Waals surface area contributed by atoms with Gasteiger partial charge in [0, 0.05) is 40.9 Å². The summed E-state index contributed by atoms with van der Waals surface area (Å²) in [7, 11) is 0. The third-order valence-electron chi connectivity index (χ3n) is 5.41. The summed E-state index contributed by atoms with van der Waals surface area (Å²) >= 11 is 0. The van der Waals surface area contributed by atoms with E-state index in [1.807, 2.05) is 50.2 Å². The van der Waals surface area contributed by atoms with Gasteiger partial charge in [-0.3, -0.25) is 15.4 Å². The number of amides is 1. The zero-order valence-corrected chi connectivity index (χ0v) is 16.9. The fourth-order valence-electron chi connectivity index (χ4n) is 4.15. The number of aromatic nitrogens is 3. The number of aryl methyl sites for hydroxylation is 2. The lowest BCUT2D eigenvalue weighted by Crippen LogP contribution is -2.22. The van der Waals surface area contributed by atoms with Gasteiger partial charge in [0.1, 0.15) is 11.8 Å². The average Bonchev–Trinajstić information content (AvgIpc) is 3.03. The van der Waals surface area contributed by atoms with Gasteiger partial charge in [0.05, 0.1) is 5.52 Å². The Kier molecular flexibility index (Phi) is 4.47. The highest BCUT2D eigenvalue weighted by Gasteiger charge is 2.24. The Hall–Kier alpha value is -3.67. The first-order valence-electron chi connectivity index (χ1n) is 10.0. The van der Waals surface area contributed by atoms with Gasteiger partial charge in [0.25, 0.3) is 0 Å². The van der Waals surface area contributed by atoms with Gasteiger partial charge in [-0.2, -0.15) is 5.10 Å². The van der Waals surface area contributed by atoms with E-state index in [2.05, 4.69) is 38.7 Å². The summed E-state index contributed by atoms with van der Waals surface area (Å²) in [4.78, 5) is 16.8. The fourth-order valence-corrected chi connectivity index (χ4v) is 4.15. The Bertz CT molecular complexity index is 1230. The predicted octanol–water partition coefficient (Wildman–Crippen LogP) is 4.96. The summed E-state index contributed by atoms with van der Waals surface area (Å²) in [6.07, 6.45) is 0.658. The molecule has 0 spiro atoms. The van der Waals surface area contributed by atoms with E-state index >= 15 is 0 Å². The fraction of sp³-hybridized carbons (Fsp3) is 0.208. The molecule has 2 N–H and O–H groups in total. The van der Waals surface area contributed by atoms with Crippen molar-refractivity contribution in [2.45, 2.75) is 32.8 Å². The molecule has 1 aliphatic heterocycles. The van der Waals surface area contributed by atoms with E-state index in [0.717, 1.165) is 50.4 Å². The Labute approximate surface area is 174 Å². The van der Waals surface area contributed by atoms with Gasteiger partial charge in [-0.15, -0.1) is 0 Å². The molecule has 4 aromatic rings. The lowest BCUT2D eigenvalue weighted by Gasteiger charge is -2.14. The number of carbonyl (C=O) groups is 1. The first kappa shape index (κ1) is 18.4. The molecule has 0 fully saturated rings. The van der Waals surface area contributed by atoms with Crippen molar-refractivity contribution >= 4 is 22.7 Å². The van der Waals surface area contributed by atoms with Crippen LogP contribution in [0.15, 0.2) is 54.6 Å². The van der Waals surface area contributed by atoms with Gasteiger partial charge in [-0.25, -0.2) is 4.79 Å². The normalized spacial score (nSPS) is 15.9. The van der Waals surface area contributed by atoms with Gasteiger partial charge in [-0.05, 0) is 49.2 Å². The van der Waals surface area contributed by atoms with Crippen LogP contribution >= 0.6 is 0 Å². The number of benzene rings is 2. The molecule has 6 heteroatoms. The number of pyridine rings is 1. The monoisotopic (exact) mass is 398 g/mol. The smallest absolute Gasteiger partial charge is 0.411 e. The Morgan fingerprint density at radius 2 is 1.83 bits per heavy atom. The number of anilines is 1. The quantitative estimate of drug-likeness (QED) is 0.511. The summed E-state index contributed by atoms with van der Waals surface area (Å²) in [5.74, 6) is 0. The van der Waals surface area contributed by atoms with Gasteiger partial charge >= 0.3 is 6.09 Å². The molecule has 2 aromatic carbocycles. The number of hydrogen-bond acceptors (Lipinski definition) is 4. The second-order valence-corrected chi connectivity index (χ2v) is 7.81. The van der Waals surface area contributed by atoms with Crippen LogP contribution in [0.25, 0.3) is 22.2 Å². The predicted molar refractivity (Wildman–Crippen MR) is 117 cm³/mol. The summed E-state index contributed by atoms with van der Waals surface area (Å²) in [6.45, 7) is 3.97. The summed E-state index contributed by atoms with van der Waals surface area (Å²) < 4.78 is 5.66. The van der Waals surface area contributed by atoms with Crippen LogP contribution in [0.4, 0.5) is 10.5 Å². The number of aromatic amines is 1. The van der Waals surface area contributed by atoms with E-state index in [4.69, 9.17) is 4.74 Å². The lowest BCUT2D eigenvalue weighted by molar-refractivity contribution is 0.113. The number of cyclic esters (lactones) is 1. The van der Waals surface area contributed by atoms with Crippen LogP contribution in [0.1, 0.15) is 22.5 Å². The molecule has 1 amide bonds. The maximum absolute atomic E-state index is 12.3. The van der Waals surface area contributed by atoms with Crippen LogP contribution < -0.4 is 5.32 Å². The summed E-state index contributed by atoms with van der Waals surface area (Å²) in [5, 5.41) is 11.6. The van der Waals surface area contributed by atoms with Crippen molar-refractivity contribution in [2.75, 3.05) is 5.32 Å². The number of fused-ring (bicyclic) bond motifs is 2. The molecule has 1 atom stereocenters. The van der Waals surface area contributed by atoms with Crippen molar-refractivity contribution in [1.82, 2.24) is 15.2 Å². The highest BCUT2D eigenvalue weighted by Crippen LogP contribution is 2.33. The van der Waals surface area contributed by atoms with Crippen LogP contribution in [-0.2, 0) is 17.6 Å². The second kappa shape index (κ2) is 7.30. The SMILES string of the molecule is Cc1cc(-c2n[nH]c3cc4c(cc23)CC(Cc2ccccc2)OC(=O)N4)cc(C)n1. The zero-order valence-electron chi connectivity index (χ0n) is 16.9. The van der Waals surface area contributed by atoms with E-state index in [0.29, 0.717) is 12.8 Å². The Morgan fingerprint density at radius 1 is 1.07 bits per heavy atom. The number of hydrogen-bond donors (Lipinski definition) is 2. The van der Waals surface area contributed by atoms with Crippen molar-refractivity contribution < 1.29 is 9.53 Å². The molecule has 150 valence electrons. The second-order valence-electron chi connectivity index (χ2n) is 7.81. The molecule has 0 radical (unpaired) electrons. The standard InChI is InChI=1S/C24H22N4O2/c1-14-8-18(9-15(2)25-14)23-20-12-17-11-19(10-16-6-4-3-5-7-16)30-24(29)26-21(17)13-22(20)27-28-23/h3-9,12-13,19H,10-11H2,1-2H3,(H,26,29)(H,27,28). The van der Waals surface area contributed by atoms with Crippen molar-refractivity contribution in [3.05, 3.63) is 77.1 Å². The molecule has 0 bridgehead atoms. The van der Waals surface area contributed by atoms with Crippen LogP contribution in [0.5, 0.6) is 0 Å². The molecular weight excluding hydrogens is 376 g/mol. The number of H-pyrrole nitrogens is 1. The maximum Gasteiger partial charge on any atom is 0.411 e. The number of nitrogens with one attached hydrogen (secondary N) is 2. The Morgan fingerprint density at radius 3 is 2.60 bits per heavy atom. The van der Waals surface area contributed by atoms with Crippen LogP contribution in [0, 0.1) is 13.8 Å². The molecule has 5 rings (SSSR count). The van der Waals surface area contributed by atoms with Crippen LogP contribution in [-0.4, -0.2) is 27.4 Å². The molecule has 0 aliphatic carbocycles. The van der Waals surface area contributed by atoms with Gasteiger partial charge in [0.2, 0.25) is 0 Å². The van der Waals surface area contributed by atoms with Gasteiger partial charge < -0.3 is 4.74 Å². The van der Waals surface area contributed by atoms with Crippen molar-refractivity contribution in [3.63, 3.8) is 0 Å². The van der Waals surface area contributed by atoms with Crippen LogP contribution in [0.2, 0.25) is 0 Å². The van der Waals surface area contributed by atoms with E-state index in [9.17, 15) is 4.79 Å². The van der Waals surface area contributed by atoms with E-state index in [1.165, 1.54) is 0 Å². The summed E-state index contributed by atoms with van der Waals surface area (Å²) in [6, 6.07) is 18.2. The first-order valence-corrected chi connectivity index (χ1v) is 10.0. The molecule has 0 saturated heterocycles. The van der Waals surface area contributed by atoms with E-state index in [1.54, 1.807) is 0 Å². The topological polar surface area (TPSA) is 79.9 Å². The third kappa shape index (κ3) is 3.52. The zero-order chi connectivity index (χ0) is 20.7. The van der Waals surface area contributed by atoms with Gasteiger partial charge in [-0.1, -0.05) is 30.3 Å². The van der Waals surface area contributed by atoms with Crippen molar-refractivity contribution in [3.8, 4) is 11.3 Å². The average molecular weight is 398 g/mol. The molecule has 6 nitrogen and oxygen atoms in total. The molecule has 30 heavy (non-hydrogen) atoms. The minimum absolute atomic E-state index is 0.230. The van der Waals surface area contributed by atoms with Crippen molar-refractivity contribution in [1.29, 1.82) is 0 Å². The van der Waals surface area contributed by atoms with Crippen LogP contribution in [0.3, 0.4) is 0 Å². The maximum atomic E-state index is 12.3. The molecule has 2 aromatic heterocycles. The number of nitrogens with zero attached hydrogens (tertiary/aromatic N) is 2. The molecular formula is C24H22N4O2. The van der Waals surface area contributed by atoms with Gasteiger partial charge in [0.15, 0.2) is 0 Å². The third-order valence-corrected chi connectivity index (χ3v) is 5.41. The number of rotatable bonds is 3. The molecule has 1 unspecified atom stereocenters. The Balaban J connectivity index is 1.55. The highest BCUT2D eigenvalue weighted by molar-refractivity contribution is 5.98. The number of carbonyl (C=O) groups excluding carboxylic acids is 1. The molecule has 0 saturated carbocycles. The highest BCUT2D eigenvalue weighted by atomic mass is 16.6.